The lowest BCUT2D eigenvalue weighted by Gasteiger charge is -2.21. The number of carbonyl (C=O) groups excluding carboxylic acids is 1. The first-order valence-corrected chi connectivity index (χ1v) is 9.91. The van der Waals surface area contributed by atoms with Gasteiger partial charge in [-0.25, -0.2) is 17.6 Å². The zero-order valence-electron chi connectivity index (χ0n) is 15.7. The molecule has 0 aliphatic heterocycles. The van der Waals surface area contributed by atoms with E-state index in [1.165, 1.54) is 11.7 Å². The summed E-state index contributed by atoms with van der Waals surface area (Å²) in [5.74, 6) is -1.86. The molecule has 0 saturated carbocycles. The third-order valence-electron chi connectivity index (χ3n) is 4.18. The van der Waals surface area contributed by atoms with Crippen molar-refractivity contribution in [3.05, 3.63) is 46.0 Å². The predicted molar refractivity (Wildman–Crippen MR) is 98.6 cm³/mol. The summed E-state index contributed by atoms with van der Waals surface area (Å²) in [6, 6.07) is 2.72. The molecule has 7 nitrogen and oxygen atoms in total. The normalized spacial score (nSPS) is 12.0. The summed E-state index contributed by atoms with van der Waals surface area (Å²) in [7, 11) is -0.814. The summed E-state index contributed by atoms with van der Waals surface area (Å²) in [6.07, 6.45) is 0. The van der Waals surface area contributed by atoms with Crippen LogP contribution in [0.3, 0.4) is 0 Å². The molecule has 0 atom stereocenters. The average Bonchev–Trinajstić information content (AvgIpc) is 2.84. The van der Waals surface area contributed by atoms with Gasteiger partial charge in [0.1, 0.15) is 17.6 Å². The van der Waals surface area contributed by atoms with Crippen LogP contribution in [0.1, 0.15) is 35.5 Å². The monoisotopic (exact) mass is 417 g/mol. The minimum Gasteiger partial charge on any atom is -0.457 e. The third-order valence-corrected chi connectivity index (χ3v) is 6.68. The van der Waals surface area contributed by atoms with E-state index in [1.807, 2.05) is 0 Å². The molecule has 2 aromatic rings. The number of aryl methyl sites for hydroxylation is 2. The molecule has 0 radical (unpaired) electrons. The van der Waals surface area contributed by atoms with Gasteiger partial charge in [-0.3, -0.25) is 4.68 Å². The quantitative estimate of drug-likeness (QED) is 0.675. The number of esters is 1. The van der Waals surface area contributed by atoms with Crippen molar-refractivity contribution in [2.45, 2.75) is 38.3 Å². The molecule has 1 aromatic heterocycles. The third kappa shape index (κ3) is 4.31. The fourth-order valence-electron chi connectivity index (χ4n) is 2.32. The van der Waals surface area contributed by atoms with E-state index in [0.29, 0.717) is 16.4 Å². The maximum Gasteiger partial charge on any atom is 0.341 e. The van der Waals surface area contributed by atoms with E-state index in [2.05, 4.69) is 5.10 Å². The Hall–Kier alpha value is -1.97. The first kappa shape index (κ1) is 21.3. The summed E-state index contributed by atoms with van der Waals surface area (Å²) in [6.45, 7) is 4.90. The van der Waals surface area contributed by atoms with Crippen LogP contribution < -0.4 is 0 Å². The molecule has 0 N–H and O–H groups in total. The van der Waals surface area contributed by atoms with E-state index in [0.717, 1.165) is 22.5 Å². The van der Waals surface area contributed by atoms with Gasteiger partial charge in [0.15, 0.2) is 0 Å². The van der Waals surface area contributed by atoms with Gasteiger partial charge in [-0.2, -0.15) is 9.40 Å². The zero-order chi connectivity index (χ0) is 20.5. The Balaban J connectivity index is 2.29. The molecule has 0 aliphatic rings. The molecular weight excluding hydrogens is 397 g/mol. The second-order valence-corrected chi connectivity index (χ2v) is 8.67. The van der Waals surface area contributed by atoms with Crippen LogP contribution in [0.4, 0.5) is 4.39 Å². The minimum absolute atomic E-state index is 0.192. The van der Waals surface area contributed by atoms with Gasteiger partial charge in [0.25, 0.3) is 0 Å². The highest BCUT2D eigenvalue weighted by atomic mass is 35.5. The first-order valence-electron chi connectivity index (χ1n) is 8.09. The number of aromatic nitrogens is 2. The van der Waals surface area contributed by atoms with E-state index in [9.17, 15) is 17.6 Å². The SMILES string of the molecule is Cc1nn(C)c(Cl)c1COC(=O)c1cc(S(=O)(=O)N(C)C(C)C)ccc1F. The van der Waals surface area contributed by atoms with Gasteiger partial charge in [0.2, 0.25) is 10.0 Å². The Morgan fingerprint density at radius 1 is 1.41 bits per heavy atom. The summed E-state index contributed by atoms with van der Waals surface area (Å²) in [5.41, 5.74) is 0.604. The molecule has 0 amide bonds. The molecule has 2 rings (SSSR count). The van der Waals surface area contributed by atoms with Crippen molar-refractivity contribution < 1.29 is 22.3 Å². The predicted octanol–water partition coefficient (Wildman–Crippen LogP) is 2.91. The van der Waals surface area contributed by atoms with Crippen LogP contribution >= 0.6 is 11.6 Å². The van der Waals surface area contributed by atoms with Crippen molar-refractivity contribution in [2.75, 3.05) is 7.05 Å². The van der Waals surface area contributed by atoms with E-state index >= 15 is 0 Å². The molecule has 1 aromatic carbocycles. The largest absolute Gasteiger partial charge is 0.457 e. The van der Waals surface area contributed by atoms with Crippen molar-refractivity contribution in [1.82, 2.24) is 14.1 Å². The number of sulfonamides is 1. The van der Waals surface area contributed by atoms with Crippen molar-refractivity contribution >= 4 is 27.6 Å². The van der Waals surface area contributed by atoms with Gasteiger partial charge in [-0.05, 0) is 39.0 Å². The molecule has 0 fully saturated rings. The van der Waals surface area contributed by atoms with Crippen LogP contribution in [-0.4, -0.2) is 41.6 Å². The molecule has 0 saturated heterocycles. The Kier molecular flexibility index (Phi) is 6.28. The standard InChI is InChI=1S/C17H21ClFN3O4S/c1-10(2)22(5)27(24,25)12-6-7-15(19)13(8-12)17(23)26-9-14-11(3)20-21(4)16(14)18/h6-8,10H,9H2,1-5H3. The van der Waals surface area contributed by atoms with E-state index < -0.39 is 27.4 Å². The molecule has 0 bridgehead atoms. The van der Waals surface area contributed by atoms with Crippen LogP contribution in [0, 0.1) is 12.7 Å². The maximum atomic E-state index is 14.1. The Bertz CT molecular complexity index is 973. The number of halogens is 2. The Morgan fingerprint density at radius 3 is 2.56 bits per heavy atom. The molecule has 0 spiro atoms. The van der Waals surface area contributed by atoms with E-state index in [-0.39, 0.29) is 17.5 Å². The zero-order valence-corrected chi connectivity index (χ0v) is 17.2. The molecule has 10 heteroatoms. The maximum absolute atomic E-state index is 14.1. The lowest BCUT2D eigenvalue weighted by atomic mass is 10.2. The smallest absolute Gasteiger partial charge is 0.341 e. The first-order chi connectivity index (χ1) is 12.5. The Morgan fingerprint density at radius 2 is 2.04 bits per heavy atom. The van der Waals surface area contributed by atoms with Gasteiger partial charge in [0.05, 0.1) is 16.2 Å². The van der Waals surface area contributed by atoms with Gasteiger partial charge < -0.3 is 4.74 Å². The molecule has 1 heterocycles. The second-order valence-electron chi connectivity index (χ2n) is 6.31. The van der Waals surface area contributed by atoms with E-state index in [1.54, 1.807) is 27.8 Å². The number of benzene rings is 1. The lowest BCUT2D eigenvalue weighted by Crippen LogP contribution is -2.33. The van der Waals surface area contributed by atoms with Crippen molar-refractivity contribution in [3.63, 3.8) is 0 Å². The molecule has 0 unspecified atom stereocenters. The molecule has 0 aliphatic carbocycles. The summed E-state index contributed by atoms with van der Waals surface area (Å²) >= 11 is 6.07. The number of hydrogen-bond donors (Lipinski definition) is 0. The number of carbonyl (C=O) groups is 1. The molecule has 148 valence electrons. The van der Waals surface area contributed by atoms with Crippen LogP contribution in [0.5, 0.6) is 0 Å². The highest BCUT2D eigenvalue weighted by Crippen LogP contribution is 2.23. The fourth-order valence-corrected chi connectivity index (χ4v) is 3.94. The number of nitrogens with zero attached hydrogens (tertiary/aromatic N) is 3. The van der Waals surface area contributed by atoms with Gasteiger partial charge in [-0.15, -0.1) is 0 Å². The van der Waals surface area contributed by atoms with Crippen molar-refractivity contribution in [2.24, 2.45) is 7.05 Å². The van der Waals surface area contributed by atoms with Gasteiger partial charge in [0, 0.05) is 25.7 Å². The van der Waals surface area contributed by atoms with Crippen LogP contribution in [0.15, 0.2) is 23.1 Å². The summed E-state index contributed by atoms with van der Waals surface area (Å²) in [5, 5.41) is 4.40. The number of rotatable bonds is 6. The molecule has 27 heavy (non-hydrogen) atoms. The summed E-state index contributed by atoms with van der Waals surface area (Å²) in [4.78, 5) is 12.1. The number of hydrogen-bond acceptors (Lipinski definition) is 5. The highest BCUT2D eigenvalue weighted by Gasteiger charge is 2.26. The lowest BCUT2D eigenvalue weighted by molar-refractivity contribution is 0.0466. The van der Waals surface area contributed by atoms with Gasteiger partial charge >= 0.3 is 5.97 Å². The topological polar surface area (TPSA) is 81.5 Å². The molecular formula is C17H21ClFN3O4S. The summed E-state index contributed by atoms with van der Waals surface area (Å²) < 4.78 is 46.9. The van der Waals surface area contributed by atoms with Crippen molar-refractivity contribution in [1.29, 1.82) is 0 Å². The van der Waals surface area contributed by atoms with Gasteiger partial charge in [-0.1, -0.05) is 11.6 Å². The minimum atomic E-state index is -3.86. The van der Waals surface area contributed by atoms with Crippen LogP contribution in [-0.2, 0) is 28.4 Å². The van der Waals surface area contributed by atoms with Crippen LogP contribution in [0.2, 0.25) is 5.15 Å². The van der Waals surface area contributed by atoms with E-state index in [4.69, 9.17) is 16.3 Å². The van der Waals surface area contributed by atoms with Crippen molar-refractivity contribution in [3.8, 4) is 0 Å². The Labute approximate surface area is 162 Å². The second kappa shape index (κ2) is 7.95. The van der Waals surface area contributed by atoms with Crippen LogP contribution in [0.25, 0.3) is 0 Å². The fraction of sp³-hybridized carbons (Fsp3) is 0.412. The average molecular weight is 418 g/mol. The highest BCUT2D eigenvalue weighted by molar-refractivity contribution is 7.89. The number of ether oxygens (including phenoxy) is 1.